The fourth-order valence-electron chi connectivity index (χ4n) is 2.10. The maximum Gasteiger partial charge on any atom is 0.248 e. The second-order valence-corrected chi connectivity index (χ2v) is 6.65. The lowest BCUT2D eigenvalue weighted by Crippen LogP contribution is -2.15. The highest BCUT2D eigenvalue weighted by Gasteiger charge is 2.02. The van der Waals surface area contributed by atoms with Gasteiger partial charge in [-0.25, -0.2) is 4.39 Å². The average molecular weight is 391 g/mol. The number of nitrogens with one attached hydrogen (secondary N) is 1. The minimum atomic E-state index is -0.368. The zero-order chi connectivity index (χ0) is 17.5. The highest BCUT2D eigenvalue weighted by atomic mass is 79.9. The molecule has 1 amide bonds. The van der Waals surface area contributed by atoms with Crippen LogP contribution in [0.25, 0.3) is 6.08 Å². The summed E-state index contributed by atoms with van der Waals surface area (Å²) < 4.78 is 14.4. The van der Waals surface area contributed by atoms with Gasteiger partial charge in [-0.3, -0.25) is 4.79 Å². The third-order valence-electron chi connectivity index (χ3n) is 3.44. The standard InChI is InChI=1S/C19H20BrFN2O/c1-23(2)12-11-14-3-7-17(8-4-14)22-19(24)10-5-15-13-16(20)6-9-18(15)21/h3-10,13H,11-12H2,1-2H3,(H,22,24)/b10-5+. The molecule has 0 saturated carbocycles. The Labute approximate surface area is 150 Å². The molecule has 0 spiro atoms. The molecule has 0 aliphatic rings. The Kier molecular flexibility index (Phi) is 6.70. The number of halogens is 2. The minimum absolute atomic E-state index is 0.296. The van der Waals surface area contributed by atoms with Crippen molar-refractivity contribution < 1.29 is 9.18 Å². The number of carbonyl (C=O) groups is 1. The van der Waals surface area contributed by atoms with Gasteiger partial charge in [-0.1, -0.05) is 28.1 Å². The van der Waals surface area contributed by atoms with Crippen LogP contribution in [-0.4, -0.2) is 31.4 Å². The van der Waals surface area contributed by atoms with Gasteiger partial charge in [0.25, 0.3) is 0 Å². The fourth-order valence-corrected chi connectivity index (χ4v) is 2.48. The predicted octanol–water partition coefficient (Wildman–Crippen LogP) is 4.34. The molecule has 0 heterocycles. The predicted molar refractivity (Wildman–Crippen MR) is 100 cm³/mol. The molecule has 0 unspecified atom stereocenters. The van der Waals surface area contributed by atoms with Crippen LogP contribution in [0, 0.1) is 5.82 Å². The lowest BCUT2D eigenvalue weighted by atomic mass is 10.1. The minimum Gasteiger partial charge on any atom is -0.323 e. The normalized spacial score (nSPS) is 11.2. The third-order valence-corrected chi connectivity index (χ3v) is 3.93. The molecule has 3 nitrogen and oxygen atoms in total. The summed E-state index contributed by atoms with van der Waals surface area (Å²) >= 11 is 3.28. The van der Waals surface area contributed by atoms with Crippen molar-refractivity contribution in [3.8, 4) is 0 Å². The Bertz CT molecular complexity index is 727. The number of amides is 1. The van der Waals surface area contributed by atoms with Crippen molar-refractivity contribution in [2.75, 3.05) is 26.0 Å². The molecule has 0 radical (unpaired) electrons. The lowest BCUT2D eigenvalue weighted by molar-refractivity contribution is -0.111. The number of rotatable bonds is 6. The van der Waals surface area contributed by atoms with Crippen LogP contribution in [0.4, 0.5) is 10.1 Å². The van der Waals surface area contributed by atoms with Crippen LogP contribution in [0.2, 0.25) is 0 Å². The van der Waals surface area contributed by atoms with Gasteiger partial charge in [0, 0.05) is 28.3 Å². The summed E-state index contributed by atoms with van der Waals surface area (Å²) in [6.07, 6.45) is 3.75. The van der Waals surface area contributed by atoms with Gasteiger partial charge in [0.2, 0.25) is 5.91 Å². The van der Waals surface area contributed by atoms with Gasteiger partial charge in [0.15, 0.2) is 0 Å². The van der Waals surface area contributed by atoms with Crippen LogP contribution in [0.15, 0.2) is 53.0 Å². The van der Waals surface area contributed by atoms with Crippen molar-refractivity contribution in [3.05, 3.63) is 70.0 Å². The monoisotopic (exact) mass is 390 g/mol. The summed E-state index contributed by atoms with van der Waals surface area (Å²) in [7, 11) is 4.07. The largest absolute Gasteiger partial charge is 0.323 e. The van der Waals surface area contributed by atoms with Crippen LogP contribution in [0.3, 0.4) is 0 Å². The molecule has 0 atom stereocenters. The van der Waals surface area contributed by atoms with Crippen LogP contribution in [0.5, 0.6) is 0 Å². The van der Waals surface area contributed by atoms with Crippen LogP contribution in [-0.2, 0) is 11.2 Å². The first kappa shape index (κ1) is 18.4. The number of benzene rings is 2. The smallest absolute Gasteiger partial charge is 0.248 e. The van der Waals surface area contributed by atoms with Crippen LogP contribution < -0.4 is 5.32 Å². The van der Waals surface area contributed by atoms with E-state index in [1.165, 1.54) is 23.8 Å². The number of likely N-dealkylation sites (N-methyl/N-ethyl adjacent to an activating group) is 1. The molecule has 0 aliphatic heterocycles. The Morgan fingerprint density at radius 3 is 2.58 bits per heavy atom. The maximum absolute atomic E-state index is 13.6. The molecule has 0 saturated heterocycles. The molecular weight excluding hydrogens is 371 g/mol. The molecule has 2 aromatic rings. The van der Waals surface area contributed by atoms with Crippen molar-refractivity contribution in [3.63, 3.8) is 0 Å². The van der Waals surface area contributed by atoms with Gasteiger partial charge >= 0.3 is 0 Å². The highest BCUT2D eigenvalue weighted by molar-refractivity contribution is 9.10. The van der Waals surface area contributed by atoms with Crippen molar-refractivity contribution in [1.29, 1.82) is 0 Å². The van der Waals surface area contributed by atoms with E-state index in [2.05, 4.69) is 26.1 Å². The number of hydrogen-bond acceptors (Lipinski definition) is 2. The summed E-state index contributed by atoms with van der Waals surface area (Å²) in [4.78, 5) is 14.1. The summed E-state index contributed by atoms with van der Waals surface area (Å²) in [5, 5.41) is 2.77. The van der Waals surface area contributed by atoms with E-state index in [0.717, 1.165) is 17.4 Å². The molecule has 0 bridgehead atoms. The molecule has 2 aromatic carbocycles. The first-order valence-electron chi connectivity index (χ1n) is 7.62. The number of anilines is 1. The summed E-state index contributed by atoms with van der Waals surface area (Å²) in [6.45, 7) is 0.979. The van der Waals surface area contributed by atoms with Gasteiger partial charge < -0.3 is 10.2 Å². The Morgan fingerprint density at radius 1 is 1.21 bits per heavy atom. The molecule has 5 heteroatoms. The Balaban J connectivity index is 1.94. The Hall–Kier alpha value is -1.98. The van der Waals surface area contributed by atoms with Gasteiger partial charge in [-0.15, -0.1) is 0 Å². The average Bonchev–Trinajstić information content (AvgIpc) is 2.55. The van der Waals surface area contributed by atoms with Crippen molar-refractivity contribution in [2.24, 2.45) is 0 Å². The number of hydrogen-bond donors (Lipinski definition) is 1. The molecule has 0 fully saturated rings. The zero-order valence-electron chi connectivity index (χ0n) is 13.7. The first-order valence-corrected chi connectivity index (χ1v) is 8.41. The Morgan fingerprint density at radius 2 is 1.92 bits per heavy atom. The van der Waals surface area contributed by atoms with Crippen molar-refractivity contribution in [2.45, 2.75) is 6.42 Å². The zero-order valence-corrected chi connectivity index (χ0v) is 15.3. The summed E-state index contributed by atoms with van der Waals surface area (Å²) in [5.74, 6) is -0.664. The second kappa shape index (κ2) is 8.76. The maximum atomic E-state index is 13.6. The van der Waals surface area contributed by atoms with Crippen molar-refractivity contribution >= 4 is 33.6 Å². The molecule has 0 aromatic heterocycles. The number of nitrogens with zero attached hydrogens (tertiary/aromatic N) is 1. The van der Waals surface area contributed by atoms with Gasteiger partial charge in [0.1, 0.15) is 5.82 Å². The van der Waals surface area contributed by atoms with E-state index in [0.29, 0.717) is 11.3 Å². The van der Waals surface area contributed by atoms with Crippen LogP contribution in [0.1, 0.15) is 11.1 Å². The quantitative estimate of drug-likeness (QED) is 0.743. The molecule has 0 aliphatic carbocycles. The molecule has 1 N–H and O–H groups in total. The highest BCUT2D eigenvalue weighted by Crippen LogP contribution is 2.17. The van der Waals surface area contributed by atoms with Gasteiger partial charge in [-0.2, -0.15) is 0 Å². The van der Waals surface area contributed by atoms with E-state index in [1.807, 2.05) is 38.4 Å². The molecule has 2 rings (SSSR count). The third kappa shape index (κ3) is 5.91. The second-order valence-electron chi connectivity index (χ2n) is 5.74. The fraction of sp³-hybridized carbons (Fsp3) is 0.211. The van der Waals surface area contributed by atoms with E-state index >= 15 is 0 Å². The van der Waals surface area contributed by atoms with E-state index in [-0.39, 0.29) is 11.7 Å². The summed E-state index contributed by atoms with van der Waals surface area (Å²) in [6, 6.07) is 12.3. The van der Waals surface area contributed by atoms with E-state index in [1.54, 1.807) is 12.1 Å². The van der Waals surface area contributed by atoms with E-state index < -0.39 is 0 Å². The van der Waals surface area contributed by atoms with E-state index in [9.17, 15) is 9.18 Å². The van der Waals surface area contributed by atoms with Gasteiger partial charge in [0.05, 0.1) is 0 Å². The SMILES string of the molecule is CN(C)CCc1ccc(NC(=O)/C=C/c2cc(Br)ccc2F)cc1. The molecular formula is C19H20BrFN2O. The number of carbonyl (C=O) groups excluding carboxylic acids is 1. The van der Waals surface area contributed by atoms with E-state index in [4.69, 9.17) is 0 Å². The molecule has 24 heavy (non-hydrogen) atoms. The van der Waals surface area contributed by atoms with Crippen molar-refractivity contribution in [1.82, 2.24) is 4.90 Å². The lowest BCUT2D eigenvalue weighted by Gasteiger charge is -2.09. The summed E-state index contributed by atoms with van der Waals surface area (Å²) in [5.41, 5.74) is 2.29. The van der Waals surface area contributed by atoms with Crippen LogP contribution >= 0.6 is 15.9 Å². The van der Waals surface area contributed by atoms with Gasteiger partial charge in [-0.05, 0) is 62.5 Å². The topological polar surface area (TPSA) is 32.3 Å². The first-order chi connectivity index (χ1) is 11.4. The molecule has 126 valence electrons.